The second kappa shape index (κ2) is 10.7. The van der Waals surface area contributed by atoms with Gasteiger partial charge in [0.05, 0.1) is 0 Å². The molecular formula is C24H20O7. The Bertz CT molecular complexity index is 1060. The molecule has 31 heavy (non-hydrogen) atoms. The fraction of sp³-hybridized carbons (Fsp3) is 0.0833. The van der Waals surface area contributed by atoms with Crippen LogP contribution in [0.2, 0.25) is 0 Å². The Morgan fingerprint density at radius 3 is 1.23 bits per heavy atom. The summed E-state index contributed by atoms with van der Waals surface area (Å²) in [5, 5.41) is 17.9. The molecule has 0 fully saturated rings. The quantitative estimate of drug-likeness (QED) is 0.476. The van der Waals surface area contributed by atoms with Gasteiger partial charge in [0.2, 0.25) is 0 Å². The summed E-state index contributed by atoms with van der Waals surface area (Å²) < 4.78 is 16.0. The third kappa shape index (κ3) is 6.81. The van der Waals surface area contributed by atoms with Crippen LogP contribution in [0, 0.1) is 0 Å². The highest BCUT2D eigenvalue weighted by Gasteiger charge is 2.01. The molecule has 0 spiro atoms. The van der Waals surface area contributed by atoms with Crippen molar-refractivity contribution in [3.8, 4) is 0 Å². The first-order valence-electron chi connectivity index (χ1n) is 9.35. The molecule has 0 saturated carbocycles. The van der Waals surface area contributed by atoms with Gasteiger partial charge in [-0.15, -0.1) is 0 Å². The second-order valence-corrected chi connectivity index (χ2v) is 6.30. The molecule has 0 amide bonds. The molecule has 3 rings (SSSR count). The van der Waals surface area contributed by atoms with Crippen LogP contribution < -0.4 is 0 Å². The van der Waals surface area contributed by atoms with E-state index in [0.29, 0.717) is 34.6 Å². The molecule has 0 radical (unpaired) electrons. The van der Waals surface area contributed by atoms with Gasteiger partial charge in [-0.25, -0.2) is 0 Å². The van der Waals surface area contributed by atoms with E-state index in [2.05, 4.69) is 0 Å². The van der Waals surface area contributed by atoms with Crippen molar-refractivity contribution < 1.29 is 33.1 Å². The van der Waals surface area contributed by atoms with E-state index in [4.69, 9.17) is 23.5 Å². The van der Waals surface area contributed by atoms with Crippen LogP contribution in [0.3, 0.4) is 0 Å². The molecule has 0 atom stereocenters. The Morgan fingerprint density at radius 2 is 0.903 bits per heavy atom. The monoisotopic (exact) mass is 420 g/mol. The average molecular weight is 420 g/mol. The number of ketones is 2. The van der Waals surface area contributed by atoms with Crippen molar-refractivity contribution in [1.29, 1.82) is 0 Å². The fourth-order valence-electron chi connectivity index (χ4n) is 2.45. The maximum Gasteiger partial charge on any atom is 0.178 e. The first-order chi connectivity index (χ1) is 15.1. The minimum absolute atomic E-state index is 0.200. The van der Waals surface area contributed by atoms with E-state index in [9.17, 15) is 9.59 Å². The summed E-state index contributed by atoms with van der Waals surface area (Å²) in [5.41, 5.74) is 0. The van der Waals surface area contributed by atoms with E-state index in [1.54, 1.807) is 36.4 Å². The van der Waals surface area contributed by atoms with Crippen LogP contribution in [-0.2, 0) is 22.8 Å². The number of aliphatic hydroxyl groups is 2. The topological polar surface area (TPSA) is 114 Å². The van der Waals surface area contributed by atoms with Crippen molar-refractivity contribution in [1.82, 2.24) is 0 Å². The summed E-state index contributed by atoms with van der Waals surface area (Å²) in [5.74, 6) is 2.16. The number of hydrogen-bond donors (Lipinski definition) is 2. The third-order valence-corrected chi connectivity index (χ3v) is 3.97. The van der Waals surface area contributed by atoms with Crippen LogP contribution in [0.5, 0.6) is 0 Å². The van der Waals surface area contributed by atoms with Gasteiger partial charge >= 0.3 is 0 Å². The van der Waals surface area contributed by atoms with Gasteiger partial charge in [0.1, 0.15) is 47.8 Å². The normalized spacial score (nSPS) is 12.2. The minimum atomic E-state index is -0.266. The fourth-order valence-corrected chi connectivity index (χ4v) is 2.45. The molecule has 158 valence electrons. The van der Waals surface area contributed by atoms with Gasteiger partial charge in [0, 0.05) is 0 Å². The maximum atomic E-state index is 11.9. The molecule has 0 aromatic carbocycles. The molecule has 2 N–H and O–H groups in total. The summed E-state index contributed by atoms with van der Waals surface area (Å²) in [4.78, 5) is 23.8. The van der Waals surface area contributed by atoms with Gasteiger partial charge in [-0.3, -0.25) is 9.59 Å². The van der Waals surface area contributed by atoms with Crippen LogP contribution in [0.25, 0.3) is 24.3 Å². The van der Waals surface area contributed by atoms with Crippen molar-refractivity contribution in [2.45, 2.75) is 13.2 Å². The highest BCUT2D eigenvalue weighted by molar-refractivity contribution is 6.04. The average Bonchev–Trinajstić information content (AvgIpc) is 3.53. The number of furan rings is 3. The Hall–Kier alpha value is -3.94. The zero-order valence-electron chi connectivity index (χ0n) is 16.4. The number of rotatable bonds is 10. The molecule has 0 saturated heterocycles. The van der Waals surface area contributed by atoms with Crippen molar-refractivity contribution in [3.05, 3.63) is 95.3 Å². The number of aliphatic hydroxyl groups excluding tert-OH is 2. The molecule has 3 heterocycles. The van der Waals surface area contributed by atoms with Gasteiger partial charge in [-0.2, -0.15) is 0 Å². The van der Waals surface area contributed by atoms with Gasteiger partial charge in [0.15, 0.2) is 11.6 Å². The predicted octanol–water partition coefficient (Wildman–Crippen LogP) is 4.04. The van der Waals surface area contributed by atoms with E-state index in [1.807, 2.05) is 0 Å². The SMILES string of the molecule is O=C(/C=C/c1ccc(/C=C/C(=O)/C=C/c2ccc(CO)o2)o1)/C=C/c1ccc(CO)o1. The van der Waals surface area contributed by atoms with Crippen molar-refractivity contribution >= 4 is 35.9 Å². The van der Waals surface area contributed by atoms with E-state index < -0.39 is 0 Å². The summed E-state index contributed by atoms with van der Waals surface area (Å²) in [6.07, 6.45) is 11.4. The van der Waals surface area contributed by atoms with E-state index in [1.165, 1.54) is 48.6 Å². The standard InChI is InChI=1S/C24H20O7/c25-15-23-13-11-21(30-23)7-3-17(27)1-5-19-9-10-20(29-19)6-2-18(28)4-8-22-12-14-24(16-26)31-22/h1-14,25-26H,15-16H2/b5-1+,6-2+,7-3+,8-4+. The zero-order chi connectivity index (χ0) is 22.1. The molecule has 3 aromatic heterocycles. The molecule has 0 aliphatic heterocycles. The predicted molar refractivity (Wildman–Crippen MR) is 114 cm³/mol. The Labute approximate surface area is 177 Å². The van der Waals surface area contributed by atoms with Crippen LogP contribution in [0.1, 0.15) is 34.6 Å². The summed E-state index contributed by atoms with van der Waals surface area (Å²) in [6, 6.07) is 9.91. The van der Waals surface area contributed by atoms with Crippen LogP contribution in [0.4, 0.5) is 0 Å². The van der Waals surface area contributed by atoms with Crippen LogP contribution >= 0.6 is 0 Å². The van der Waals surface area contributed by atoms with Gasteiger partial charge in [-0.1, -0.05) is 0 Å². The highest BCUT2D eigenvalue weighted by Crippen LogP contribution is 2.13. The number of carbonyl (C=O) groups excluding carboxylic acids is 2. The van der Waals surface area contributed by atoms with E-state index in [-0.39, 0.29) is 24.8 Å². The third-order valence-electron chi connectivity index (χ3n) is 3.97. The maximum absolute atomic E-state index is 11.9. The lowest BCUT2D eigenvalue weighted by Crippen LogP contribution is -1.84. The molecule has 0 unspecified atom stereocenters. The zero-order valence-corrected chi connectivity index (χ0v) is 16.4. The van der Waals surface area contributed by atoms with Gasteiger partial charge < -0.3 is 23.5 Å². The van der Waals surface area contributed by atoms with Gasteiger partial charge in [-0.05, 0) is 85.0 Å². The molecule has 0 aliphatic rings. The lowest BCUT2D eigenvalue weighted by atomic mass is 10.2. The number of allylic oxidation sites excluding steroid dienone is 4. The van der Waals surface area contributed by atoms with E-state index >= 15 is 0 Å². The highest BCUT2D eigenvalue weighted by atomic mass is 16.4. The Kier molecular flexibility index (Phi) is 7.53. The summed E-state index contributed by atoms with van der Waals surface area (Å²) in [6.45, 7) is -0.400. The summed E-state index contributed by atoms with van der Waals surface area (Å²) in [7, 11) is 0. The van der Waals surface area contributed by atoms with Crippen molar-refractivity contribution in [2.24, 2.45) is 0 Å². The number of carbonyl (C=O) groups is 2. The largest absolute Gasteiger partial charge is 0.459 e. The van der Waals surface area contributed by atoms with E-state index in [0.717, 1.165) is 0 Å². The smallest absolute Gasteiger partial charge is 0.178 e. The molecule has 0 aliphatic carbocycles. The van der Waals surface area contributed by atoms with Crippen LogP contribution in [-0.4, -0.2) is 21.8 Å². The second-order valence-electron chi connectivity index (χ2n) is 6.30. The molecule has 3 aromatic rings. The lowest BCUT2D eigenvalue weighted by molar-refractivity contribution is -0.111. The molecule has 0 bridgehead atoms. The van der Waals surface area contributed by atoms with Crippen molar-refractivity contribution in [2.75, 3.05) is 0 Å². The Balaban J connectivity index is 1.51. The minimum Gasteiger partial charge on any atom is -0.459 e. The number of hydrogen-bond acceptors (Lipinski definition) is 7. The first-order valence-corrected chi connectivity index (χ1v) is 9.35. The van der Waals surface area contributed by atoms with Gasteiger partial charge in [0.25, 0.3) is 0 Å². The molecule has 7 nitrogen and oxygen atoms in total. The first kappa shape index (κ1) is 21.8. The molecule has 7 heteroatoms. The summed E-state index contributed by atoms with van der Waals surface area (Å²) >= 11 is 0. The molecular weight excluding hydrogens is 400 g/mol. The Morgan fingerprint density at radius 1 is 0.581 bits per heavy atom. The van der Waals surface area contributed by atoms with Crippen LogP contribution in [0.15, 0.2) is 74.0 Å². The van der Waals surface area contributed by atoms with Crippen molar-refractivity contribution in [3.63, 3.8) is 0 Å². The lowest BCUT2D eigenvalue weighted by Gasteiger charge is -1.88.